The summed E-state index contributed by atoms with van der Waals surface area (Å²) in [6, 6.07) is 4.16. The van der Waals surface area contributed by atoms with E-state index in [0.29, 0.717) is 11.7 Å². The normalized spacial score (nSPS) is 14.4. The van der Waals surface area contributed by atoms with Crippen LogP contribution in [0.25, 0.3) is 10.2 Å². The van der Waals surface area contributed by atoms with E-state index in [0.717, 1.165) is 45.9 Å². The molecule has 156 valence electrons. The monoisotopic (exact) mass is 417 g/mol. The molecule has 1 fully saturated rings. The average molecular weight is 418 g/mol. The van der Waals surface area contributed by atoms with Crippen LogP contribution < -0.4 is 9.80 Å². The highest BCUT2D eigenvalue weighted by Gasteiger charge is 2.33. The van der Waals surface area contributed by atoms with Gasteiger partial charge in [-0.2, -0.15) is 0 Å². The van der Waals surface area contributed by atoms with Crippen LogP contribution >= 0.6 is 11.3 Å². The molecule has 0 saturated carbocycles. The van der Waals surface area contributed by atoms with Crippen molar-refractivity contribution in [3.63, 3.8) is 0 Å². The fourth-order valence-corrected chi connectivity index (χ4v) is 4.88. The quantitative estimate of drug-likeness (QED) is 0.658. The Labute approximate surface area is 175 Å². The summed E-state index contributed by atoms with van der Waals surface area (Å²) in [5, 5.41) is 0.629. The summed E-state index contributed by atoms with van der Waals surface area (Å²) < 4.78 is 1.04. The average Bonchev–Trinajstić information content (AvgIpc) is 3.23. The zero-order valence-electron chi connectivity index (χ0n) is 17.6. The van der Waals surface area contributed by atoms with E-state index in [1.54, 1.807) is 4.90 Å². The van der Waals surface area contributed by atoms with Gasteiger partial charge >= 0.3 is 0 Å². The number of amides is 3. The first-order valence-corrected chi connectivity index (χ1v) is 11.0. The molecule has 2 aromatic rings. The minimum Gasteiger partial charge on any atom is -0.334 e. The van der Waals surface area contributed by atoms with Gasteiger partial charge in [-0.15, -0.1) is 0 Å². The van der Waals surface area contributed by atoms with Gasteiger partial charge in [0.05, 0.1) is 36.4 Å². The highest BCUT2D eigenvalue weighted by atomic mass is 32.1. The van der Waals surface area contributed by atoms with Gasteiger partial charge in [-0.3, -0.25) is 24.2 Å². The van der Waals surface area contributed by atoms with Crippen molar-refractivity contribution in [1.82, 2.24) is 9.88 Å². The van der Waals surface area contributed by atoms with Crippen molar-refractivity contribution in [2.75, 3.05) is 37.6 Å². The SMILES string of the molecule is CC[NH+](CC)CCN(C(=O)CN1C(=O)CCC1=O)c1nc2c(C)cc(C)cc2s1. The van der Waals surface area contributed by atoms with Gasteiger partial charge in [-0.25, -0.2) is 4.98 Å². The zero-order chi connectivity index (χ0) is 21.1. The molecule has 3 rings (SSSR count). The molecule has 0 radical (unpaired) electrons. The number of nitrogens with one attached hydrogen (secondary N) is 1. The van der Waals surface area contributed by atoms with E-state index < -0.39 is 0 Å². The fraction of sp³-hybridized carbons (Fsp3) is 0.524. The molecular formula is C21H29N4O3S+. The second kappa shape index (κ2) is 9.00. The van der Waals surface area contributed by atoms with E-state index in [2.05, 4.69) is 26.0 Å². The molecule has 1 aromatic carbocycles. The number of benzene rings is 1. The topological polar surface area (TPSA) is 75.0 Å². The lowest BCUT2D eigenvalue weighted by atomic mass is 10.1. The number of hydrogen-bond acceptors (Lipinski definition) is 5. The lowest BCUT2D eigenvalue weighted by molar-refractivity contribution is -0.894. The third-order valence-corrected chi connectivity index (χ3v) is 6.51. The van der Waals surface area contributed by atoms with Crippen LogP contribution in [0.1, 0.15) is 37.8 Å². The zero-order valence-corrected chi connectivity index (χ0v) is 18.4. The molecule has 0 spiro atoms. The lowest BCUT2D eigenvalue weighted by Gasteiger charge is -2.24. The summed E-state index contributed by atoms with van der Waals surface area (Å²) in [5.74, 6) is -0.796. The Balaban J connectivity index is 1.90. The van der Waals surface area contributed by atoms with E-state index in [9.17, 15) is 14.4 Å². The molecule has 1 aliphatic rings. The third-order valence-electron chi connectivity index (χ3n) is 5.49. The van der Waals surface area contributed by atoms with Crippen LogP contribution in [-0.4, -0.2) is 60.3 Å². The number of anilines is 1. The van der Waals surface area contributed by atoms with E-state index in [1.807, 2.05) is 13.8 Å². The molecule has 3 amide bonds. The van der Waals surface area contributed by atoms with E-state index >= 15 is 0 Å². The van der Waals surface area contributed by atoms with Gasteiger partial charge in [0.15, 0.2) is 5.13 Å². The Kier molecular flexibility index (Phi) is 6.64. The lowest BCUT2D eigenvalue weighted by Crippen LogP contribution is -3.12. The number of aromatic nitrogens is 1. The van der Waals surface area contributed by atoms with Crippen LogP contribution in [-0.2, 0) is 14.4 Å². The molecule has 0 bridgehead atoms. The van der Waals surface area contributed by atoms with Crippen molar-refractivity contribution in [1.29, 1.82) is 0 Å². The van der Waals surface area contributed by atoms with Crippen LogP contribution in [0.5, 0.6) is 0 Å². The highest BCUT2D eigenvalue weighted by Crippen LogP contribution is 2.31. The summed E-state index contributed by atoms with van der Waals surface area (Å²) >= 11 is 1.48. The van der Waals surface area contributed by atoms with Crippen molar-refractivity contribution in [2.45, 2.75) is 40.5 Å². The maximum atomic E-state index is 13.1. The number of nitrogens with zero attached hydrogens (tertiary/aromatic N) is 3. The number of thiazole rings is 1. The molecule has 8 heteroatoms. The van der Waals surface area contributed by atoms with Crippen LogP contribution in [0.3, 0.4) is 0 Å². The first-order valence-electron chi connectivity index (χ1n) is 10.2. The van der Waals surface area contributed by atoms with Gasteiger partial charge in [0.2, 0.25) is 17.7 Å². The smallest absolute Gasteiger partial charge is 0.249 e. The molecule has 0 unspecified atom stereocenters. The fourth-order valence-electron chi connectivity index (χ4n) is 3.69. The Morgan fingerprint density at radius 3 is 2.45 bits per heavy atom. The Morgan fingerprint density at radius 2 is 1.83 bits per heavy atom. The number of carbonyl (C=O) groups excluding carboxylic acids is 3. The van der Waals surface area contributed by atoms with Crippen LogP contribution in [0, 0.1) is 13.8 Å². The van der Waals surface area contributed by atoms with Crippen molar-refractivity contribution in [2.24, 2.45) is 0 Å². The number of quaternary nitrogens is 1. The van der Waals surface area contributed by atoms with E-state index in [4.69, 9.17) is 4.98 Å². The van der Waals surface area contributed by atoms with Crippen molar-refractivity contribution < 1.29 is 19.3 Å². The second-order valence-corrected chi connectivity index (χ2v) is 8.56. The predicted octanol–water partition coefficient (Wildman–Crippen LogP) is 1.32. The molecule has 1 N–H and O–H groups in total. The summed E-state index contributed by atoms with van der Waals surface area (Å²) in [6.45, 7) is 11.3. The maximum absolute atomic E-state index is 13.1. The van der Waals surface area contributed by atoms with Crippen molar-refractivity contribution in [3.8, 4) is 0 Å². The Morgan fingerprint density at radius 1 is 1.17 bits per heavy atom. The van der Waals surface area contributed by atoms with Crippen molar-refractivity contribution in [3.05, 3.63) is 23.3 Å². The molecular weight excluding hydrogens is 388 g/mol. The van der Waals surface area contributed by atoms with E-state index in [1.165, 1.54) is 16.2 Å². The number of fused-ring (bicyclic) bond motifs is 1. The molecule has 1 saturated heterocycles. The number of aryl methyl sites for hydroxylation is 2. The summed E-state index contributed by atoms with van der Waals surface area (Å²) in [5.41, 5.74) is 3.13. The van der Waals surface area contributed by atoms with Gasteiger partial charge in [0.25, 0.3) is 0 Å². The number of hydrogen-bond donors (Lipinski definition) is 1. The van der Waals surface area contributed by atoms with Gasteiger partial charge < -0.3 is 4.90 Å². The number of likely N-dealkylation sites (tertiary alicyclic amines) is 1. The van der Waals surface area contributed by atoms with Crippen LogP contribution in [0.4, 0.5) is 5.13 Å². The molecule has 7 nitrogen and oxygen atoms in total. The maximum Gasteiger partial charge on any atom is 0.249 e. The number of carbonyl (C=O) groups is 3. The van der Waals surface area contributed by atoms with Gasteiger partial charge in [0, 0.05) is 12.8 Å². The molecule has 1 aliphatic heterocycles. The molecule has 1 aromatic heterocycles. The standard InChI is InChI=1S/C21H28N4O3S/c1-5-23(6-2)9-10-24(19(28)13-25-17(26)7-8-18(25)27)21-22-20-15(4)11-14(3)12-16(20)29-21/h11-12H,5-10,13H2,1-4H3/p+1. The number of likely N-dealkylation sites (N-methyl/N-ethyl adjacent to an activating group) is 1. The van der Waals surface area contributed by atoms with Gasteiger partial charge in [-0.1, -0.05) is 17.4 Å². The third kappa shape index (κ3) is 4.64. The molecule has 29 heavy (non-hydrogen) atoms. The predicted molar refractivity (Wildman–Crippen MR) is 114 cm³/mol. The molecule has 0 aliphatic carbocycles. The van der Waals surface area contributed by atoms with E-state index in [-0.39, 0.29) is 37.1 Å². The van der Waals surface area contributed by atoms with Crippen LogP contribution in [0.15, 0.2) is 12.1 Å². The highest BCUT2D eigenvalue weighted by molar-refractivity contribution is 7.22. The first-order chi connectivity index (χ1) is 13.8. The number of rotatable bonds is 8. The van der Waals surface area contributed by atoms with Crippen LogP contribution in [0.2, 0.25) is 0 Å². The van der Waals surface area contributed by atoms with Crippen molar-refractivity contribution >= 4 is 44.4 Å². The van der Waals surface area contributed by atoms with Gasteiger partial charge in [0.1, 0.15) is 6.54 Å². The second-order valence-electron chi connectivity index (χ2n) is 7.55. The summed E-state index contributed by atoms with van der Waals surface area (Å²) in [6.07, 6.45) is 0.380. The minimum atomic E-state index is -0.270. The van der Waals surface area contributed by atoms with Gasteiger partial charge in [-0.05, 0) is 44.9 Å². The summed E-state index contributed by atoms with van der Waals surface area (Å²) in [7, 11) is 0. The minimum absolute atomic E-state index is 0.190. The molecule has 2 heterocycles. The first kappa shape index (κ1) is 21.4. The number of imide groups is 1. The summed E-state index contributed by atoms with van der Waals surface area (Å²) in [4.78, 5) is 46.0. The largest absolute Gasteiger partial charge is 0.334 e. The Bertz CT molecular complexity index is 919. The Hall–Kier alpha value is -2.32. The molecule has 0 atom stereocenters.